The Labute approximate surface area is 94.1 Å². The molecule has 0 saturated carbocycles. The largest absolute Gasteiger partial charge is 0.487 e. The number of nitrogens with zero attached hydrogens (tertiary/aromatic N) is 1. The number of anilines is 1. The summed E-state index contributed by atoms with van der Waals surface area (Å²) in [6.07, 6.45) is 1.42. The molecule has 0 aliphatic carbocycles. The van der Waals surface area contributed by atoms with E-state index in [9.17, 15) is 0 Å². The maximum Gasteiger partial charge on any atom is 0.181 e. The molecule has 2 N–H and O–H groups in total. The predicted molar refractivity (Wildman–Crippen MR) is 61.2 cm³/mol. The maximum absolute atomic E-state index is 5.66. The number of aryl methyl sites for hydroxylation is 2. The van der Waals surface area contributed by atoms with Crippen molar-refractivity contribution in [2.75, 3.05) is 5.73 Å². The SMILES string of the molecule is Cc1cc(N)ccc1OCc1ncoc1C. The molecule has 0 bridgehead atoms. The molecule has 0 saturated heterocycles. The van der Waals surface area contributed by atoms with Crippen molar-refractivity contribution < 1.29 is 9.15 Å². The van der Waals surface area contributed by atoms with Gasteiger partial charge in [0.25, 0.3) is 0 Å². The predicted octanol–water partition coefficient (Wildman–Crippen LogP) is 2.45. The van der Waals surface area contributed by atoms with Gasteiger partial charge in [-0.2, -0.15) is 0 Å². The van der Waals surface area contributed by atoms with Crippen molar-refractivity contribution in [2.24, 2.45) is 0 Å². The molecule has 84 valence electrons. The molecule has 0 aliphatic rings. The summed E-state index contributed by atoms with van der Waals surface area (Å²) in [5.41, 5.74) is 8.23. The number of nitrogen functional groups attached to an aromatic ring is 1. The van der Waals surface area contributed by atoms with Crippen molar-refractivity contribution >= 4 is 5.69 Å². The Bertz CT molecular complexity index is 492. The van der Waals surface area contributed by atoms with Gasteiger partial charge < -0.3 is 14.9 Å². The Morgan fingerprint density at radius 3 is 2.81 bits per heavy atom. The van der Waals surface area contributed by atoms with Gasteiger partial charge >= 0.3 is 0 Å². The second kappa shape index (κ2) is 4.26. The molecule has 0 fully saturated rings. The van der Waals surface area contributed by atoms with E-state index in [1.54, 1.807) is 0 Å². The fourth-order valence-electron chi connectivity index (χ4n) is 1.45. The van der Waals surface area contributed by atoms with Crippen LogP contribution < -0.4 is 10.5 Å². The molecule has 4 nitrogen and oxygen atoms in total. The van der Waals surface area contributed by atoms with Crippen LogP contribution in [0.1, 0.15) is 17.0 Å². The third-order valence-electron chi connectivity index (χ3n) is 2.41. The second-order valence-corrected chi connectivity index (χ2v) is 3.67. The summed E-state index contributed by atoms with van der Waals surface area (Å²) >= 11 is 0. The highest BCUT2D eigenvalue weighted by molar-refractivity contribution is 5.47. The van der Waals surface area contributed by atoms with Gasteiger partial charge in [0.15, 0.2) is 6.39 Å². The molecular formula is C12H14N2O2. The van der Waals surface area contributed by atoms with Gasteiger partial charge in [0.05, 0.1) is 0 Å². The highest BCUT2D eigenvalue weighted by Crippen LogP contribution is 2.21. The number of benzene rings is 1. The van der Waals surface area contributed by atoms with E-state index < -0.39 is 0 Å². The van der Waals surface area contributed by atoms with E-state index in [0.717, 1.165) is 28.5 Å². The molecule has 2 aromatic rings. The first-order chi connectivity index (χ1) is 7.66. The van der Waals surface area contributed by atoms with Crippen molar-refractivity contribution in [3.05, 3.63) is 41.6 Å². The van der Waals surface area contributed by atoms with Crippen LogP contribution in [0, 0.1) is 13.8 Å². The molecule has 1 aromatic carbocycles. The van der Waals surface area contributed by atoms with Crippen molar-refractivity contribution in [3.63, 3.8) is 0 Å². The van der Waals surface area contributed by atoms with Crippen molar-refractivity contribution in [3.8, 4) is 5.75 Å². The van der Waals surface area contributed by atoms with Crippen LogP contribution in [0.3, 0.4) is 0 Å². The molecule has 1 heterocycles. The number of nitrogens with two attached hydrogens (primary N) is 1. The van der Waals surface area contributed by atoms with Crippen LogP contribution in [0.25, 0.3) is 0 Å². The zero-order chi connectivity index (χ0) is 11.5. The van der Waals surface area contributed by atoms with Crippen LogP contribution in [0.4, 0.5) is 5.69 Å². The second-order valence-electron chi connectivity index (χ2n) is 3.67. The van der Waals surface area contributed by atoms with Crippen molar-refractivity contribution in [1.29, 1.82) is 0 Å². The van der Waals surface area contributed by atoms with E-state index in [1.807, 2.05) is 32.0 Å². The Hall–Kier alpha value is -1.97. The first-order valence-electron chi connectivity index (χ1n) is 5.04. The van der Waals surface area contributed by atoms with Gasteiger partial charge in [0.1, 0.15) is 23.8 Å². The summed E-state index contributed by atoms with van der Waals surface area (Å²) in [4.78, 5) is 4.06. The Morgan fingerprint density at radius 1 is 1.38 bits per heavy atom. The normalized spacial score (nSPS) is 10.4. The van der Waals surface area contributed by atoms with Crippen LogP contribution in [0.2, 0.25) is 0 Å². The summed E-state index contributed by atoms with van der Waals surface area (Å²) in [5.74, 6) is 1.60. The topological polar surface area (TPSA) is 61.3 Å². The third kappa shape index (κ3) is 2.16. The average molecular weight is 218 g/mol. The van der Waals surface area contributed by atoms with Gasteiger partial charge in [-0.25, -0.2) is 4.98 Å². The van der Waals surface area contributed by atoms with Gasteiger partial charge in [-0.3, -0.25) is 0 Å². The van der Waals surface area contributed by atoms with Gasteiger partial charge in [-0.15, -0.1) is 0 Å². The zero-order valence-corrected chi connectivity index (χ0v) is 9.36. The van der Waals surface area contributed by atoms with E-state index in [-0.39, 0.29) is 0 Å². The lowest BCUT2D eigenvalue weighted by atomic mass is 10.2. The lowest BCUT2D eigenvalue weighted by Gasteiger charge is -2.08. The summed E-state index contributed by atoms with van der Waals surface area (Å²) in [6.45, 7) is 4.23. The van der Waals surface area contributed by atoms with Crippen LogP contribution in [-0.4, -0.2) is 4.98 Å². The number of hydrogen-bond donors (Lipinski definition) is 1. The first-order valence-corrected chi connectivity index (χ1v) is 5.04. The van der Waals surface area contributed by atoms with E-state index >= 15 is 0 Å². The van der Waals surface area contributed by atoms with Gasteiger partial charge in [0, 0.05) is 5.69 Å². The average Bonchev–Trinajstić information content (AvgIpc) is 2.63. The number of ether oxygens (including phenoxy) is 1. The van der Waals surface area contributed by atoms with Crippen molar-refractivity contribution in [2.45, 2.75) is 20.5 Å². The zero-order valence-electron chi connectivity index (χ0n) is 9.36. The minimum absolute atomic E-state index is 0.410. The van der Waals surface area contributed by atoms with Gasteiger partial charge in [-0.05, 0) is 37.6 Å². The highest BCUT2D eigenvalue weighted by atomic mass is 16.5. The Morgan fingerprint density at radius 2 is 2.19 bits per heavy atom. The van der Waals surface area contributed by atoms with E-state index in [4.69, 9.17) is 14.9 Å². The Balaban J connectivity index is 2.08. The number of rotatable bonds is 3. The number of aromatic nitrogens is 1. The summed E-state index contributed by atoms with van der Waals surface area (Å²) in [7, 11) is 0. The highest BCUT2D eigenvalue weighted by Gasteiger charge is 2.05. The molecule has 0 amide bonds. The summed E-state index contributed by atoms with van der Waals surface area (Å²) in [6, 6.07) is 5.56. The van der Waals surface area contributed by atoms with Gasteiger partial charge in [-0.1, -0.05) is 0 Å². The maximum atomic E-state index is 5.66. The minimum atomic E-state index is 0.410. The number of oxazole rings is 1. The monoisotopic (exact) mass is 218 g/mol. The first kappa shape index (κ1) is 10.5. The lowest BCUT2D eigenvalue weighted by molar-refractivity contribution is 0.297. The minimum Gasteiger partial charge on any atom is -0.487 e. The molecule has 16 heavy (non-hydrogen) atoms. The van der Waals surface area contributed by atoms with E-state index in [2.05, 4.69) is 4.98 Å². The van der Waals surface area contributed by atoms with Gasteiger partial charge in [0.2, 0.25) is 0 Å². The van der Waals surface area contributed by atoms with E-state index in [1.165, 1.54) is 6.39 Å². The molecule has 0 unspecified atom stereocenters. The van der Waals surface area contributed by atoms with Crippen LogP contribution in [-0.2, 0) is 6.61 Å². The molecule has 0 spiro atoms. The van der Waals surface area contributed by atoms with Crippen LogP contribution >= 0.6 is 0 Å². The van der Waals surface area contributed by atoms with E-state index in [0.29, 0.717) is 6.61 Å². The number of hydrogen-bond acceptors (Lipinski definition) is 4. The quantitative estimate of drug-likeness (QED) is 0.804. The fourth-order valence-corrected chi connectivity index (χ4v) is 1.45. The fraction of sp³-hybridized carbons (Fsp3) is 0.250. The molecule has 2 rings (SSSR count). The third-order valence-corrected chi connectivity index (χ3v) is 2.41. The summed E-state index contributed by atoms with van der Waals surface area (Å²) < 4.78 is 10.7. The van der Waals surface area contributed by atoms with Crippen LogP contribution in [0.5, 0.6) is 5.75 Å². The Kier molecular flexibility index (Phi) is 2.81. The molecule has 0 aliphatic heterocycles. The lowest BCUT2D eigenvalue weighted by Crippen LogP contribution is -1.99. The molecule has 0 atom stereocenters. The van der Waals surface area contributed by atoms with Crippen molar-refractivity contribution in [1.82, 2.24) is 4.98 Å². The molecule has 4 heteroatoms. The summed E-state index contributed by atoms with van der Waals surface area (Å²) in [5, 5.41) is 0. The molecule has 0 radical (unpaired) electrons. The standard InChI is InChI=1S/C12H14N2O2/c1-8-5-10(13)3-4-12(8)15-6-11-9(2)16-7-14-11/h3-5,7H,6,13H2,1-2H3. The molecule has 1 aromatic heterocycles. The smallest absolute Gasteiger partial charge is 0.181 e. The van der Waals surface area contributed by atoms with Crippen LogP contribution in [0.15, 0.2) is 29.0 Å². The molecular weight excluding hydrogens is 204 g/mol.